The Balaban J connectivity index is 1.70. The normalized spacial score (nSPS) is 20.1. The summed E-state index contributed by atoms with van der Waals surface area (Å²) in [5.74, 6) is 0.0748. The third-order valence-corrected chi connectivity index (χ3v) is 4.27. The fraction of sp³-hybridized carbons (Fsp3) is 0.429. The molecule has 0 radical (unpaired) electrons. The van der Waals surface area contributed by atoms with Crippen molar-refractivity contribution in [3.05, 3.63) is 23.7 Å². The smallest absolute Gasteiger partial charge is 0.241 e. The number of fused-ring (bicyclic) bond motifs is 1. The Morgan fingerprint density at radius 2 is 2.32 bits per heavy atom. The largest absolute Gasteiger partial charge is 0.325 e. The van der Waals surface area contributed by atoms with E-state index in [1.165, 1.54) is 6.42 Å². The van der Waals surface area contributed by atoms with Crippen molar-refractivity contribution in [2.75, 3.05) is 11.9 Å². The first-order valence-electron chi connectivity index (χ1n) is 6.70. The van der Waals surface area contributed by atoms with Crippen molar-refractivity contribution in [3.63, 3.8) is 0 Å². The highest BCUT2D eigenvalue weighted by molar-refractivity contribution is 7.16. The lowest BCUT2D eigenvalue weighted by Crippen LogP contribution is -2.39. The first kappa shape index (κ1) is 12.6. The van der Waals surface area contributed by atoms with Crippen LogP contribution in [0.4, 0.5) is 5.69 Å². The van der Waals surface area contributed by atoms with Gasteiger partial charge >= 0.3 is 0 Å². The molecule has 19 heavy (non-hydrogen) atoms. The standard InChI is InChI=1S/C14H17N3OS/c18-14(12-4-2-1-3-7-15-12)17-10-5-6-11-13(8-10)19-9-16-11/h5-6,8-9,12,15H,1-4,7H2,(H,17,18). The minimum absolute atomic E-state index is 0.0559. The Labute approximate surface area is 116 Å². The van der Waals surface area contributed by atoms with Crippen LogP contribution in [0.3, 0.4) is 0 Å². The monoisotopic (exact) mass is 275 g/mol. The van der Waals surface area contributed by atoms with Crippen LogP contribution in [0.5, 0.6) is 0 Å². The summed E-state index contributed by atoms with van der Waals surface area (Å²) in [5.41, 5.74) is 3.66. The van der Waals surface area contributed by atoms with Crippen molar-refractivity contribution < 1.29 is 4.79 Å². The topological polar surface area (TPSA) is 54.0 Å². The van der Waals surface area contributed by atoms with Crippen LogP contribution >= 0.6 is 11.3 Å². The molecule has 0 bridgehead atoms. The molecule has 2 aromatic rings. The Morgan fingerprint density at radius 3 is 3.26 bits per heavy atom. The second kappa shape index (κ2) is 5.67. The zero-order valence-electron chi connectivity index (χ0n) is 10.7. The summed E-state index contributed by atoms with van der Waals surface area (Å²) in [4.78, 5) is 16.4. The number of aromatic nitrogens is 1. The number of benzene rings is 1. The van der Waals surface area contributed by atoms with E-state index in [1.54, 1.807) is 11.3 Å². The predicted molar refractivity (Wildman–Crippen MR) is 78.5 cm³/mol. The number of nitrogens with one attached hydrogen (secondary N) is 2. The van der Waals surface area contributed by atoms with Crippen molar-refractivity contribution in [2.45, 2.75) is 31.7 Å². The summed E-state index contributed by atoms with van der Waals surface area (Å²) in [7, 11) is 0. The molecular weight excluding hydrogens is 258 g/mol. The molecule has 2 N–H and O–H groups in total. The number of rotatable bonds is 2. The van der Waals surface area contributed by atoms with E-state index < -0.39 is 0 Å². The van der Waals surface area contributed by atoms with E-state index in [-0.39, 0.29) is 11.9 Å². The Bertz CT molecular complexity index is 573. The molecule has 100 valence electrons. The Hall–Kier alpha value is -1.46. The number of hydrogen-bond donors (Lipinski definition) is 2. The average Bonchev–Trinajstić information content (AvgIpc) is 2.71. The molecule has 0 aliphatic carbocycles. The number of nitrogens with zero attached hydrogens (tertiary/aromatic N) is 1. The van der Waals surface area contributed by atoms with Gasteiger partial charge in [0.15, 0.2) is 0 Å². The molecule has 2 heterocycles. The zero-order chi connectivity index (χ0) is 13.1. The van der Waals surface area contributed by atoms with E-state index >= 15 is 0 Å². The van der Waals surface area contributed by atoms with Gasteiger partial charge in [-0.1, -0.05) is 12.8 Å². The van der Waals surface area contributed by atoms with E-state index in [2.05, 4.69) is 15.6 Å². The van der Waals surface area contributed by atoms with Gasteiger partial charge in [0, 0.05) is 5.69 Å². The van der Waals surface area contributed by atoms with Crippen LogP contribution < -0.4 is 10.6 Å². The average molecular weight is 275 g/mol. The molecule has 1 atom stereocenters. The van der Waals surface area contributed by atoms with Gasteiger partial charge in [-0.25, -0.2) is 4.98 Å². The van der Waals surface area contributed by atoms with Gasteiger partial charge in [-0.15, -0.1) is 11.3 Å². The number of hydrogen-bond acceptors (Lipinski definition) is 4. The Morgan fingerprint density at radius 1 is 1.37 bits per heavy atom. The maximum Gasteiger partial charge on any atom is 0.241 e. The van der Waals surface area contributed by atoms with Crippen molar-refractivity contribution in [1.29, 1.82) is 0 Å². The van der Waals surface area contributed by atoms with Gasteiger partial charge in [0.05, 0.1) is 21.8 Å². The molecular formula is C14H17N3OS. The fourth-order valence-corrected chi connectivity index (χ4v) is 3.13. The van der Waals surface area contributed by atoms with Gasteiger partial charge in [-0.2, -0.15) is 0 Å². The van der Waals surface area contributed by atoms with Crippen LogP contribution in [0.25, 0.3) is 10.2 Å². The van der Waals surface area contributed by atoms with Crippen molar-refractivity contribution in [1.82, 2.24) is 10.3 Å². The molecule has 3 rings (SSSR count). The molecule has 1 aromatic heterocycles. The van der Waals surface area contributed by atoms with E-state index in [1.807, 2.05) is 23.7 Å². The third-order valence-electron chi connectivity index (χ3n) is 3.48. The maximum absolute atomic E-state index is 12.2. The Kier molecular flexibility index (Phi) is 3.75. The molecule has 5 heteroatoms. The summed E-state index contributed by atoms with van der Waals surface area (Å²) < 4.78 is 1.10. The minimum atomic E-state index is -0.0559. The second-order valence-electron chi connectivity index (χ2n) is 4.88. The molecule has 1 fully saturated rings. The predicted octanol–water partition coefficient (Wildman–Crippen LogP) is 2.77. The highest BCUT2D eigenvalue weighted by Gasteiger charge is 2.19. The van der Waals surface area contributed by atoms with Crippen molar-refractivity contribution in [3.8, 4) is 0 Å². The number of amides is 1. The number of thiazole rings is 1. The van der Waals surface area contributed by atoms with Crippen molar-refractivity contribution >= 4 is 33.1 Å². The van der Waals surface area contributed by atoms with Gasteiger partial charge in [-0.3, -0.25) is 4.79 Å². The minimum Gasteiger partial charge on any atom is -0.325 e. The highest BCUT2D eigenvalue weighted by Crippen LogP contribution is 2.22. The summed E-state index contributed by atoms with van der Waals surface area (Å²) in [5, 5.41) is 6.31. The van der Waals surface area contributed by atoms with Crippen LogP contribution in [-0.2, 0) is 4.79 Å². The second-order valence-corrected chi connectivity index (χ2v) is 5.77. The third kappa shape index (κ3) is 2.93. The molecule has 4 nitrogen and oxygen atoms in total. The molecule has 1 aromatic carbocycles. The first-order chi connectivity index (χ1) is 9.33. The SMILES string of the molecule is O=C(Nc1ccc2ncsc2c1)C1CCCCCN1. The molecule has 1 amide bonds. The number of carbonyl (C=O) groups excluding carboxylic acids is 1. The van der Waals surface area contributed by atoms with Crippen LogP contribution in [0.15, 0.2) is 23.7 Å². The molecule has 1 saturated heterocycles. The first-order valence-corrected chi connectivity index (χ1v) is 7.58. The van der Waals surface area contributed by atoms with E-state index in [4.69, 9.17) is 0 Å². The van der Waals surface area contributed by atoms with Crippen LogP contribution in [-0.4, -0.2) is 23.5 Å². The molecule has 1 unspecified atom stereocenters. The molecule has 1 aliphatic heterocycles. The zero-order valence-corrected chi connectivity index (χ0v) is 11.5. The van der Waals surface area contributed by atoms with Crippen LogP contribution in [0.2, 0.25) is 0 Å². The molecule has 0 spiro atoms. The van der Waals surface area contributed by atoms with E-state index in [0.717, 1.165) is 41.7 Å². The van der Waals surface area contributed by atoms with Gasteiger partial charge < -0.3 is 10.6 Å². The quantitative estimate of drug-likeness (QED) is 0.886. The van der Waals surface area contributed by atoms with Crippen LogP contribution in [0, 0.1) is 0 Å². The lowest BCUT2D eigenvalue weighted by molar-refractivity contribution is -0.118. The van der Waals surface area contributed by atoms with Gasteiger partial charge in [-0.05, 0) is 37.6 Å². The highest BCUT2D eigenvalue weighted by atomic mass is 32.1. The summed E-state index contributed by atoms with van der Waals surface area (Å²) in [6, 6.07) is 5.79. The maximum atomic E-state index is 12.2. The fourth-order valence-electron chi connectivity index (χ4n) is 2.41. The van der Waals surface area contributed by atoms with Gasteiger partial charge in [0.25, 0.3) is 0 Å². The molecule has 1 aliphatic rings. The summed E-state index contributed by atoms with van der Waals surface area (Å²) >= 11 is 1.59. The number of carbonyl (C=O) groups is 1. The van der Waals surface area contributed by atoms with E-state index in [0.29, 0.717) is 0 Å². The lowest BCUT2D eigenvalue weighted by atomic mass is 10.1. The van der Waals surface area contributed by atoms with E-state index in [9.17, 15) is 4.79 Å². The lowest BCUT2D eigenvalue weighted by Gasteiger charge is -2.15. The van der Waals surface area contributed by atoms with Gasteiger partial charge in [0.1, 0.15) is 0 Å². The van der Waals surface area contributed by atoms with Crippen molar-refractivity contribution in [2.24, 2.45) is 0 Å². The van der Waals surface area contributed by atoms with Gasteiger partial charge in [0.2, 0.25) is 5.91 Å². The summed E-state index contributed by atoms with van der Waals surface area (Å²) in [6.07, 6.45) is 4.42. The summed E-state index contributed by atoms with van der Waals surface area (Å²) in [6.45, 7) is 0.936. The van der Waals surface area contributed by atoms with Crippen LogP contribution in [0.1, 0.15) is 25.7 Å². The molecule has 0 saturated carbocycles. The number of anilines is 1.